The Morgan fingerprint density at radius 3 is 2.64 bits per heavy atom. The molecule has 1 aliphatic heterocycles. The Morgan fingerprint density at radius 2 is 1.89 bits per heavy atom. The van der Waals surface area contributed by atoms with Gasteiger partial charge in [0, 0.05) is 12.1 Å². The van der Waals surface area contributed by atoms with E-state index in [-0.39, 0.29) is 11.9 Å². The number of halogens is 1. The van der Waals surface area contributed by atoms with E-state index in [1.54, 1.807) is 25.1 Å². The minimum atomic E-state index is -0.843. The smallest absolute Gasteiger partial charge is 0.331 e. The van der Waals surface area contributed by atoms with Crippen LogP contribution in [0.2, 0.25) is 5.02 Å². The minimum absolute atomic E-state index is 0.173. The van der Waals surface area contributed by atoms with Gasteiger partial charge in [-0.3, -0.25) is 4.79 Å². The van der Waals surface area contributed by atoms with Gasteiger partial charge >= 0.3 is 5.97 Å². The molecule has 1 heterocycles. The Hall–Kier alpha value is -2.21. The second kappa shape index (κ2) is 9.82. The first-order chi connectivity index (χ1) is 13.5. The second-order valence-electron chi connectivity index (χ2n) is 7.14. The van der Waals surface area contributed by atoms with Crippen molar-refractivity contribution in [3.05, 3.63) is 28.8 Å². The lowest BCUT2D eigenvalue weighted by Gasteiger charge is -2.20. The molecule has 0 aromatic heterocycles. The Morgan fingerprint density at radius 1 is 1.18 bits per heavy atom. The molecule has 1 saturated carbocycles. The third-order valence-electron chi connectivity index (χ3n) is 4.89. The average Bonchev–Trinajstić information content (AvgIpc) is 2.95. The molecule has 1 atom stereocenters. The molecule has 0 unspecified atom stereocenters. The van der Waals surface area contributed by atoms with Crippen LogP contribution in [0.5, 0.6) is 11.5 Å². The van der Waals surface area contributed by atoms with Gasteiger partial charge in [0.2, 0.25) is 0 Å². The summed E-state index contributed by atoms with van der Waals surface area (Å²) in [5.41, 5.74) is 0.682. The van der Waals surface area contributed by atoms with Gasteiger partial charge in [0.1, 0.15) is 13.2 Å². The highest BCUT2D eigenvalue weighted by Gasteiger charge is 2.21. The van der Waals surface area contributed by atoms with Crippen molar-refractivity contribution in [2.75, 3.05) is 13.2 Å². The van der Waals surface area contributed by atoms with E-state index in [4.69, 9.17) is 25.8 Å². The summed E-state index contributed by atoms with van der Waals surface area (Å²) in [6, 6.07) is 3.60. The van der Waals surface area contributed by atoms with Gasteiger partial charge in [0.25, 0.3) is 5.91 Å². The molecule has 1 amide bonds. The quantitative estimate of drug-likeness (QED) is 0.455. The van der Waals surface area contributed by atoms with Gasteiger partial charge in [0.15, 0.2) is 17.6 Å². The van der Waals surface area contributed by atoms with E-state index in [0.717, 1.165) is 25.7 Å². The molecule has 7 heteroatoms. The minimum Gasteiger partial charge on any atom is -0.486 e. The molecule has 152 valence electrons. The molecule has 0 spiro atoms. The van der Waals surface area contributed by atoms with Crippen molar-refractivity contribution in [2.45, 2.75) is 57.6 Å². The fourth-order valence-corrected chi connectivity index (χ4v) is 3.67. The van der Waals surface area contributed by atoms with Gasteiger partial charge in [-0.2, -0.15) is 0 Å². The predicted octanol–water partition coefficient (Wildman–Crippen LogP) is 3.90. The highest BCUT2D eigenvalue weighted by Crippen LogP contribution is 2.38. The highest BCUT2D eigenvalue weighted by molar-refractivity contribution is 6.32. The lowest BCUT2D eigenvalue weighted by molar-refractivity contribution is -0.150. The van der Waals surface area contributed by atoms with Crippen molar-refractivity contribution in [3.8, 4) is 11.5 Å². The maximum atomic E-state index is 12.3. The van der Waals surface area contributed by atoms with Crippen LogP contribution in [0.1, 0.15) is 51.0 Å². The molecule has 0 saturated heterocycles. The van der Waals surface area contributed by atoms with Crippen molar-refractivity contribution in [3.63, 3.8) is 0 Å². The van der Waals surface area contributed by atoms with Crippen LogP contribution < -0.4 is 14.8 Å². The molecule has 28 heavy (non-hydrogen) atoms. The van der Waals surface area contributed by atoms with Crippen molar-refractivity contribution >= 4 is 29.6 Å². The maximum Gasteiger partial charge on any atom is 0.331 e. The summed E-state index contributed by atoms with van der Waals surface area (Å²) < 4.78 is 16.2. The van der Waals surface area contributed by atoms with Gasteiger partial charge in [-0.25, -0.2) is 4.79 Å². The number of fused-ring (bicyclic) bond motifs is 1. The first kappa shape index (κ1) is 20.5. The van der Waals surface area contributed by atoms with Crippen LogP contribution in [0.15, 0.2) is 18.2 Å². The molecule has 1 fully saturated rings. The number of carbonyl (C=O) groups excluding carboxylic acids is 2. The largest absolute Gasteiger partial charge is 0.486 e. The van der Waals surface area contributed by atoms with Gasteiger partial charge in [-0.05, 0) is 43.5 Å². The number of carbonyl (C=O) groups is 2. The van der Waals surface area contributed by atoms with Crippen LogP contribution in [0.25, 0.3) is 6.08 Å². The monoisotopic (exact) mass is 407 g/mol. The summed E-state index contributed by atoms with van der Waals surface area (Å²) in [5, 5.41) is 3.41. The number of rotatable bonds is 5. The molecule has 1 aromatic carbocycles. The van der Waals surface area contributed by atoms with Crippen LogP contribution in [0, 0.1) is 0 Å². The van der Waals surface area contributed by atoms with Crippen LogP contribution in [-0.2, 0) is 14.3 Å². The maximum absolute atomic E-state index is 12.3. The number of hydrogen-bond donors (Lipinski definition) is 1. The number of ether oxygens (including phenoxy) is 3. The van der Waals surface area contributed by atoms with Gasteiger partial charge in [-0.1, -0.05) is 37.3 Å². The van der Waals surface area contributed by atoms with E-state index >= 15 is 0 Å². The first-order valence-electron chi connectivity index (χ1n) is 9.81. The Kier molecular flexibility index (Phi) is 7.20. The highest BCUT2D eigenvalue weighted by atomic mass is 35.5. The van der Waals surface area contributed by atoms with E-state index < -0.39 is 12.1 Å². The third kappa shape index (κ3) is 5.64. The van der Waals surface area contributed by atoms with Crippen LogP contribution >= 0.6 is 11.6 Å². The standard InChI is InChI=1S/C21H26ClNO5/c1-14(21(25)23-16-6-4-2-3-5-7-16)28-19(24)9-8-15-12-17(22)20-18(13-15)26-10-11-27-20/h8-9,12-14,16H,2-7,10-11H2,1H3,(H,23,25)/b9-8+/t14-/m1/s1. The zero-order valence-electron chi connectivity index (χ0n) is 16.0. The summed E-state index contributed by atoms with van der Waals surface area (Å²) in [5.74, 6) is 0.213. The first-order valence-corrected chi connectivity index (χ1v) is 10.2. The number of amides is 1. The fourth-order valence-electron chi connectivity index (χ4n) is 3.40. The molecule has 1 N–H and O–H groups in total. The van der Waals surface area contributed by atoms with Crippen molar-refractivity contribution in [2.24, 2.45) is 0 Å². The zero-order valence-corrected chi connectivity index (χ0v) is 16.8. The fraction of sp³-hybridized carbons (Fsp3) is 0.524. The number of esters is 1. The normalized spacial score (nSPS) is 18.4. The number of hydrogen-bond acceptors (Lipinski definition) is 5. The lowest BCUT2D eigenvalue weighted by atomic mass is 10.1. The van der Waals surface area contributed by atoms with Crippen LogP contribution in [-0.4, -0.2) is 37.2 Å². The summed E-state index contributed by atoms with van der Waals surface area (Å²) in [6.07, 6.45) is 8.65. The van der Waals surface area contributed by atoms with E-state index in [1.165, 1.54) is 18.9 Å². The summed E-state index contributed by atoms with van der Waals surface area (Å²) in [7, 11) is 0. The SMILES string of the molecule is C[C@@H](OC(=O)/C=C/c1cc(Cl)c2c(c1)OCCO2)C(=O)NC1CCCCCC1. The molecule has 2 aliphatic rings. The summed E-state index contributed by atoms with van der Waals surface area (Å²) in [4.78, 5) is 24.4. The van der Waals surface area contributed by atoms with Gasteiger partial charge in [-0.15, -0.1) is 0 Å². The second-order valence-corrected chi connectivity index (χ2v) is 7.54. The Bertz CT molecular complexity index is 741. The van der Waals surface area contributed by atoms with Crippen molar-refractivity contribution in [1.29, 1.82) is 0 Å². The van der Waals surface area contributed by atoms with Crippen LogP contribution in [0.3, 0.4) is 0 Å². The molecular weight excluding hydrogens is 382 g/mol. The molecule has 3 rings (SSSR count). The van der Waals surface area contributed by atoms with Gasteiger partial charge < -0.3 is 19.5 Å². The molecule has 1 aromatic rings. The zero-order chi connectivity index (χ0) is 19.9. The third-order valence-corrected chi connectivity index (χ3v) is 5.18. The summed E-state index contributed by atoms with van der Waals surface area (Å²) >= 11 is 6.18. The topological polar surface area (TPSA) is 73.9 Å². The van der Waals surface area contributed by atoms with E-state index in [1.807, 2.05) is 0 Å². The van der Waals surface area contributed by atoms with Crippen molar-refractivity contribution < 1.29 is 23.8 Å². The Labute approximate surface area is 170 Å². The molecule has 1 aliphatic carbocycles. The van der Waals surface area contributed by atoms with Crippen LogP contribution in [0.4, 0.5) is 0 Å². The summed E-state index contributed by atoms with van der Waals surface area (Å²) in [6.45, 7) is 2.49. The average molecular weight is 408 g/mol. The Balaban J connectivity index is 1.53. The van der Waals surface area contributed by atoms with E-state index in [2.05, 4.69) is 5.32 Å². The molecule has 6 nitrogen and oxygen atoms in total. The lowest BCUT2D eigenvalue weighted by Crippen LogP contribution is -2.41. The van der Waals surface area contributed by atoms with Crippen molar-refractivity contribution in [1.82, 2.24) is 5.32 Å². The van der Waals surface area contributed by atoms with E-state index in [9.17, 15) is 9.59 Å². The molecule has 0 radical (unpaired) electrons. The number of nitrogens with one attached hydrogen (secondary N) is 1. The predicted molar refractivity (Wildman–Crippen MR) is 107 cm³/mol. The molecular formula is C21H26ClNO5. The molecule has 0 bridgehead atoms. The van der Waals surface area contributed by atoms with Gasteiger partial charge in [0.05, 0.1) is 5.02 Å². The number of benzene rings is 1. The van der Waals surface area contributed by atoms with E-state index in [0.29, 0.717) is 35.3 Å².